The van der Waals surface area contributed by atoms with Gasteiger partial charge in [0.1, 0.15) is 5.04 Å². The van der Waals surface area contributed by atoms with Crippen LogP contribution in [0.3, 0.4) is 0 Å². The van der Waals surface area contributed by atoms with Crippen molar-refractivity contribution in [2.75, 3.05) is 0 Å². The zero-order valence-corrected chi connectivity index (χ0v) is 26.0. The minimum absolute atomic E-state index is 0.187. The second kappa shape index (κ2) is 12.7. The first-order valence-electron chi connectivity index (χ1n) is 15.0. The quantitative estimate of drug-likeness (QED) is 0.294. The zero-order chi connectivity index (χ0) is 29.0. The smallest absolute Gasteiger partial charge is 0.104 e. The van der Waals surface area contributed by atoms with Crippen LogP contribution in [0.5, 0.6) is 0 Å². The fraction of sp³-hybridized carbons (Fsp3) is 0.308. The number of rotatable bonds is 6. The number of hydrogen-bond donors (Lipinski definition) is 0. The normalized spacial score (nSPS) is 22.6. The first-order chi connectivity index (χ1) is 19.7. The molecule has 3 atom stereocenters. The van der Waals surface area contributed by atoms with Crippen LogP contribution in [0.4, 0.5) is 0 Å². The third kappa shape index (κ3) is 6.93. The molecular formula is C39H43NS. The van der Waals surface area contributed by atoms with Crippen LogP contribution in [0.2, 0.25) is 0 Å². The van der Waals surface area contributed by atoms with Crippen molar-refractivity contribution >= 4 is 28.6 Å². The van der Waals surface area contributed by atoms with Gasteiger partial charge in [0, 0.05) is 10.8 Å². The minimum Gasteiger partial charge on any atom is -0.241 e. The van der Waals surface area contributed by atoms with E-state index < -0.39 is 0 Å². The van der Waals surface area contributed by atoms with Gasteiger partial charge in [0.05, 0.1) is 5.70 Å². The molecule has 0 spiro atoms. The van der Waals surface area contributed by atoms with E-state index in [2.05, 4.69) is 138 Å². The third-order valence-electron chi connectivity index (χ3n) is 8.40. The molecule has 41 heavy (non-hydrogen) atoms. The summed E-state index contributed by atoms with van der Waals surface area (Å²) in [5, 5.41) is 1.56. The molecule has 0 fully saturated rings. The highest BCUT2D eigenvalue weighted by atomic mass is 32.2. The van der Waals surface area contributed by atoms with Crippen molar-refractivity contribution < 1.29 is 0 Å². The summed E-state index contributed by atoms with van der Waals surface area (Å²) in [6, 6.07) is 26.5. The lowest BCUT2D eigenvalue weighted by atomic mass is 9.79. The Labute approximate surface area is 251 Å². The van der Waals surface area contributed by atoms with Gasteiger partial charge in [-0.25, -0.2) is 4.99 Å². The number of hydrogen-bond acceptors (Lipinski definition) is 2. The van der Waals surface area contributed by atoms with Crippen molar-refractivity contribution in [1.82, 2.24) is 0 Å². The summed E-state index contributed by atoms with van der Waals surface area (Å²) in [5.41, 5.74) is 10.0. The minimum atomic E-state index is 0.187. The maximum atomic E-state index is 5.38. The lowest BCUT2D eigenvalue weighted by Gasteiger charge is -2.33. The molecule has 0 saturated heterocycles. The molecular weight excluding hydrogens is 515 g/mol. The molecule has 2 aliphatic rings. The highest BCUT2D eigenvalue weighted by molar-refractivity contribution is 8.15. The Morgan fingerprint density at radius 2 is 1.44 bits per heavy atom. The Balaban J connectivity index is 1.48. The predicted octanol–water partition coefficient (Wildman–Crippen LogP) is 11.0. The molecule has 2 heteroatoms. The van der Waals surface area contributed by atoms with Gasteiger partial charge in [-0.1, -0.05) is 144 Å². The Morgan fingerprint density at radius 1 is 0.829 bits per heavy atom. The number of thioether (sulfide) groups is 1. The first kappa shape index (κ1) is 29.1. The number of allylic oxidation sites excluding steroid dienone is 5. The zero-order valence-electron chi connectivity index (χ0n) is 25.2. The first-order valence-corrected chi connectivity index (χ1v) is 15.9. The summed E-state index contributed by atoms with van der Waals surface area (Å²) < 4.78 is 0. The van der Waals surface area contributed by atoms with E-state index in [4.69, 9.17) is 4.99 Å². The molecule has 0 bridgehead atoms. The monoisotopic (exact) mass is 557 g/mol. The number of nitrogens with zero attached hydrogens (tertiary/aromatic N) is 1. The van der Waals surface area contributed by atoms with Crippen molar-refractivity contribution in [1.29, 1.82) is 0 Å². The van der Waals surface area contributed by atoms with Crippen molar-refractivity contribution in [3.05, 3.63) is 132 Å². The van der Waals surface area contributed by atoms with Crippen LogP contribution in [0, 0.1) is 17.3 Å². The van der Waals surface area contributed by atoms with Crippen LogP contribution in [0.1, 0.15) is 69.7 Å². The molecule has 5 rings (SSSR count). The van der Waals surface area contributed by atoms with Crippen LogP contribution in [0.15, 0.2) is 114 Å². The fourth-order valence-corrected chi connectivity index (χ4v) is 7.05. The third-order valence-corrected chi connectivity index (χ3v) is 10.0. The molecule has 0 radical (unpaired) electrons. The van der Waals surface area contributed by atoms with Crippen molar-refractivity contribution in [3.63, 3.8) is 0 Å². The van der Waals surface area contributed by atoms with E-state index in [1.165, 1.54) is 33.4 Å². The lowest BCUT2D eigenvalue weighted by Crippen LogP contribution is -2.27. The van der Waals surface area contributed by atoms with Gasteiger partial charge in [-0.2, -0.15) is 0 Å². The Morgan fingerprint density at radius 3 is 2.00 bits per heavy atom. The van der Waals surface area contributed by atoms with E-state index >= 15 is 0 Å². The van der Waals surface area contributed by atoms with E-state index in [1.807, 2.05) is 17.8 Å². The van der Waals surface area contributed by atoms with Crippen LogP contribution >= 0.6 is 11.8 Å². The molecule has 0 amide bonds. The van der Waals surface area contributed by atoms with E-state index in [0.29, 0.717) is 17.1 Å². The van der Waals surface area contributed by atoms with E-state index in [0.717, 1.165) is 35.6 Å². The Bertz CT molecular complexity index is 1480. The highest BCUT2D eigenvalue weighted by Gasteiger charge is 2.31. The molecule has 0 N–H and O–H groups in total. The summed E-state index contributed by atoms with van der Waals surface area (Å²) in [5.74, 6) is 1.02. The average molecular weight is 558 g/mol. The summed E-state index contributed by atoms with van der Waals surface area (Å²) in [6.45, 7) is 15.4. The molecule has 1 aliphatic heterocycles. The van der Waals surface area contributed by atoms with Gasteiger partial charge in [0.15, 0.2) is 0 Å². The van der Waals surface area contributed by atoms with Gasteiger partial charge in [-0.05, 0) is 69.9 Å². The molecule has 1 heterocycles. The molecule has 1 aliphatic carbocycles. The Kier molecular flexibility index (Phi) is 9.00. The molecule has 3 unspecified atom stereocenters. The second-order valence-electron chi connectivity index (χ2n) is 12.4. The van der Waals surface area contributed by atoms with Gasteiger partial charge >= 0.3 is 0 Å². The van der Waals surface area contributed by atoms with Crippen LogP contribution in [-0.4, -0.2) is 10.3 Å². The standard InChI is InChI=1S/C39H43NS/c1-7-28-10-14-30(15-11-28)31-18-20-34(21-19-31)38-40-36(32-16-12-29(8-2)13-17-32)26-9-27(3)37(41-38)33-22-24-35(25-23-33)39(4,5)6/h7,10-22,24-27,33,37H,1,8-9,23H2,2-6H3/b36-26+,40-38?. The van der Waals surface area contributed by atoms with Gasteiger partial charge in [-0.3, -0.25) is 0 Å². The van der Waals surface area contributed by atoms with Gasteiger partial charge in [0.25, 0.3) is 0 Å². The maximum Gasteiger partial charge on any atom is 0.104 e. The molecule has 3 aromatic rings. The van der Waals surface area contributed by atoms with E-state index in [-0.39, 0.29) is 5.41 Å². The second-order valence-corrected chi connectivity index (χ2v) is 13.6. The number of aliphatic imine (C=N–C) groups is 1. The molecule has 3 aromatic carbocycles. The van der Waals surface area contributed by atoms with Crippen LogP contribution in [0.25, 0.3) is 22.9 Å². The maximum absolute atomic E-state index is 5.38. The number of aryl methyl sites for hydroxylation is 1. The van der Waals surface area contributed by atoms with Crippen molar-refractivity contribution in [2.24, 2.45) is 22.2 Å². The van der Waals surface area contributed by atoms with Crippen molar-refractivity contribution in [3.8, 4) is 11.1 Å². The van der Waals surface area contributed by atoms with Crippen LogP contribution in [-0.2, 0) is 6.42 Å². The van der Waals surface area contributed by atoms with Gasteiger partial charge < -0.3 is 0 Å². The summed E-state index contributed by atoms with van der Waals surface area (Å²) in [6.07, 6.45) is 14.7. The SMILES string of the molecule is C=Cc1ccc(-c2ccc(C3=N/C(c4ccc(CC)cc4)=C/CC(C)C(C4C=CC(C(C)(C)C)=CC4)S3)cc2)cc1. The highest BCUT2D eigenvalue weighted by Crippen LogP contribution is 2.41. The number of benzene rings is 3. The predicted molar refractivity (Wildman–Crippen MR) is 182 cm³/mol. The largest absolute Gasteiger partial charge is 0.241 e. The molecule has 1 nitrogen and oxygen atoms in total. The van der Waals surface area contributed by atoms with E-state index in [1.54, 1.807) is 0 Å². The van der Waals surface area contributed by atoms with Gasteiger partial charge in [-0.15, -0.1) is 11.8 Å². The van der Waals surface area contributed by atoms with Gasteiger partial charge in [0.2, 0.25) is 0 Å². The molecule has 0 saturated carbocycles. The average Bonchev–Trinajstić information content (AvgIpc) is 2.99. The Hall–Kier alpha value is -3.36. The van der Waals surface area contributed by atoms with Crippen molar-refractivity contribution in [2.45, 2.75) is 59.1 Å². The summed E-state index contributed by atoms with van der Waals surface area (Å²) >= 11 is 1.97. The molecule has 210 valence electrons. The summed E-state index contributed by atoms with van der Waals surface area (Å²) in [7, 11) is 0. The topological polar surface area (TPSA) is 12.4 Å². The van der Waals surface area contributed by atoms with Crippen LogP contribution < -0.4 is 0 Å². The fourth-order valence-electron chi connectivity index (χ4n) is 5.65. The molecule has 0 aromatic heterocycles. The lowest BCUT2D eigenvalue weighted by molar-refractivity contribution is 0.455. The van der Waals surface area contributed by atoms with E-state index in [9.17, 15) is 0 Å². The summed E-state index contributed by atoms with van der Waals surface area (Å²) in [4.78, 5) is 5.38.